The third-order valence-corrected chi connectivity index (χ3v) is 3.79. The summed E-state index contributed by atoms with van der Waals surface area (Å²) >= 11 is 0. The Labute approximate surface area is 103 Å². The van der Waals surface area contributed by atoms with Crippen LogP contribution in [0.1, 0.15) is 33.1 Å². The highest BCUT2D eigenvalue weighted by molar-refractivity contribution is 5.72. The van der Waals surface area contributed by atoms with Gasteiger partial charge in [0.25, 0.3) is 0 Å². The number of rotatable bonds is 3. The molecule has 0 aromatic heterocycles. The van der Waals surface area contributed by atoms with Gasteiger partial charge in [-0.05, 0) is 31.1 Å². The second-order valence-electron chi connectivity index (χ2n) is 5.83. The first-order valence-corrected chi connectivity index (χ1v) is 6.65. The summed E-state index contributed by atoms with van der Waals surface area (Å²) < 4.78 is 5.55. The summed E-state index contributed by atoms with van der Waals surface area (Å²) in [4.78, 5) is 13.2. The van der Waals surface area contributed by atoms with Crippen LogP contribution in [0.2, 0.25) is 0 Å². The molecule has 17 heavy (non-hydrogen) atoms. The first-order valence-electron chi connectivity index (χ1n) is 6.65. The Hall–Kier alpha value is -0.610. The van der Waals surface area contributed by atoms with Crippen LogP contribution in [-0.2, 0) is 9.53 Å². The van der Waals surface area contributed by atoms with Gasteiger partial charge in [0.1, 0.15) is 0 Å². The molecule has 4 heteroatoms. The molecule has 0 aromatic carbocycles. The SMILES string of the molecule is CC1CC(C)CN(C[C@H]2CC[C@@H](C(=O)O)O2)C1. The molecule has 0 amide bonds. The molecule has 2 fully saturated rings. The summed E-state index contributed by atoms with van der Waals surface area (Å²) in [6.45, 7) is 7.73. The number of ether oxygens (including phenoxy) is 1. The molecule has 0 spiro atoms. The summed E-state index contributed by atoms with van der Waals surface area (Å²) in [6, 6.07) is 0. The molecule has 2 aliphatic rings. The highest BCUT2D eigenvalue weighted by Gasteiger charge is 2.32. The van der Waals surface area contributed by atoms with Gasteiger partial charge in [0.05, 0.1) is 6.10 Å². The van der Waals surface area contributed by atoms with Crippen LogP contribution < -0.4 is 0 Å². The van der Waals surface area contributed by atoms with Crippen molar-refractivity contribution in [1.29, 1.82) is 0 Å². The Morgan fingerprint density at radius 2 is 1.94 bits per heavy atom. The van der Waals surface area contributed by atoms with Crippen LogP contribution in [-0.4, -0.2) is 47.8 Å². The van der Waals surface area contributed by atoms with E-state index in [0.717, 1.165) is 37.9 Å². The third-order valence-electron chi connectivity index (χ3n) is 3.79. The predicted octanol–water partition coefficient (Wildman–Crippen LogP) is 1.60. The normalized spacial score (nSPS) is 39.4. The van der Waals surface area contributed by atoms with Crippen molar-refractivity contribution in [2.75, 3.05) is 19.6 Å². The zero-order valence-electron chi connectivity index (χ0n) is 10.8. The Kier molecular flexibility index (Phi) is 4.05. The predicted molar refractivity (Wildman–Crippen MR) is 64.9 cm³/mol. The zero-order valence-corrected chi connectivity index (χ0v) is 10.8. The first-order chi connectivity index (χ1) is 8.04. The molecule has 0 saturated carbocycles. The molecule has 2 unspecified atom stereocenters. The van der Waals surface area contributed by atoms with Gasteiger partial charge in [-0.1, -0.05) is 13.8 Å². The van der Waals surface area contributed by atoms with Crippen molar-refractivity contribution in [3.8, 4) is 0 Å². The molecule has 98 valence electrons. The minimum Gasteiger partial charge on any atom is -0.479 e. The van der Waals surface area contributed by atoms with Gasteiger partial charge >= 0.3 is 5.97 Å². The number of carboxylic acids is 1. The van der Waals surface area contributed by atoms with E-state index in [1.165, 1.54) is 6.42 Å². The average molecular weight is 241 g/mol. The first kappa shape index (κ1) is 12.8. The van der Waals surface area contributed by atoms with E-state index < -0.39 is 12.1 Å². The molecular weight excluding hydrogens is 218 g/mol. The maximum absolute atomic E-state index is 10.8. The number of aliphatic carboxylic acids is 1. The maximum Gasteiger partial charge on any atom is 0.332 e. The van der Waals surface area contributed by atoms with Crippen LogP contribution in [0.4, 0.5) is 0 Å². The second kappa shape index (κ2) is 5.36. The van der Waals surface area contributed by atoms with Gasteiger partial charge in [-0.3, -0.25) is 0 Å². The van der Waals surface area contributed by atoms with Crippen molar-refractivity contribution in [3.05, 3.63) is 0 Å². The van der Waals surface area contributed by atoms with E-state index in [4.69, 9.17) is 9.84 Å². The summed E-state index contributed by atoms with van der Waals surface area (Å²) in [5, 5.41) is 8.88. The van der Waals surface area contributed by atoms with Crippen molar-refractivity contribution in [2.24, 2.45) is 11.8 Å². The summed E-state index contributed by atoms with van der Waals surface area (Å²) in [6.07, 6.45) is 2.41. The Balaban J connectivity index is 1.79. The smallest absolute Gasteiger partial charge is 0.332 e. The van der Waals surface area contributed by atoms with Gasteiger partial charge in [-0.2, -0.15) is 0 Å². The number of piperidine rings is 1. The summed E-state index contributed by atoms with van der Waals surface area (Å²) in [7, 11) is 0. The molecule has 2 saturated heterocycles. The number of carbonyl (C=O) groups is 1. The van der Waals surface area contributed by atoms with Crippen molar-refractivity contribution < 1.29 is 14.6 Å². The Bertz CT molecular complexity index is 272. The van der Waals surface area contributed by atoms with E-state index in [9.17, 15) is 4.79 Å². The van der Waals surface area contributed by atoms with E-state index in [1.807, 2.05) is 0 Å². The van der Waals surface area contributed by atoms with Crippen LogP contribution in [0.5, 0.6) is 0 Å². The van der Waals surface area contributed by atoms with Gasteiger partial charge < -0.3 is 14.7 Å². The Morgan fingerprint density at radius 3 is 2.47 bits per heavy atom. The van der Waals surface area contributed by atoms with Crippen LogP contribution >= 0.6 is 0 Å². The summed E-state index contributed by atoms with van der Waals surface area (Å²) in [5.41, 5.74) is 0. The van der Waals surface area contributed by atoms with E-state index in [2.05, 4.69) is 18.7 Å². The number of carboxylic acid groups (broad SMARTS) is 1. The number of likely N-dealkylation sites (tertiary alicyclic amines) is 1. The highest BCUT2D eigenvalue weighted by atomic mass is 16.5. The molecule has 0 aliphatic carbocycles. The molecule has 0 radical (unpaired) electrons. The van der Waals surface area contributed by atoms with Gasteiger partial charge in [-0.25, -0.2) is 4.79 Å². The van der Waals surface area contributed by atoms with Gasteiger partial charge in [0, 0.05) is 19.6 Å². The highest BCUT2D eigenvalue weighted by Crippen LogP contribution is 2.25. The number of hydrogen-bond acceptors (Lipinski definition) is 3. The molecule has 2 aliphatic heterocycles. The van der Waals surface area contributed by atoms with Gasteiger partial charge in [0.15, 0.2) is 6.10 Å². The summed E-state index contributed by atoms with van der Waals surface area (Å²) in [5.74, 6) is 0.679. The fraction of sp³-hybridized carbons (Fsp3) is 0.923. The molecule has 2 heterocycles. The van der Waals surface area contributed by atoms with Gasteiger partial charge in [0.2, 0.25) is 0 Å². The largest absolute Gasteiger partial charge is 0.479 e. The van der Waals surface area contributed by atoms with E-state index >= 15 is 0 Å². The molecule has 1 N–H and O–H groups in total. The average Bonchev–Trinajstić information content (AvgIpc) is 2.64. The molecule has 2 rings (SSSR count). The second-order valence-corrected chi connectivity index (χ2v) is 5.83. The molecular formula is C13H23NO3. The topological polar surface area (TPSA) is 49.8 Å². The fourth-order valence-corrected chi connectivity index (χ4v) is 3.25. The van der Waals surface area contributed by atoms with E-state index in [0.29, 0.717) is 6.42 Å². The van der Waals surface area contributed by atoms with Gasteiger partial charge in [-0.15, -0.1) is 0 Å². The van der Waals surface area contributed by atoms with Crippen LogP contribution in [0, 0.1) is 11.8 Å². The molecule has 4 nitrogen and oxygen atoms in total. The molecule has 4 atom stereocenters. The lowest BCUT2D eigenvalue weighted by molar-refractivity contribution is -0.149. The van der Waals surface area contributed by atoms with Crippen molar-refractivity contribution in [3.63, 3.8) is 0 Å². The van der Waals surface area contributed by atoms with Crippen molar-refractivity contribution in [1.82, 2.24) is 4.90 Å². The maximum atomic E-state index is 10.8. The van der Waals surface area contributed by atoms with E-state index in [-0.39, 0.29) is 6.10 Å². The fourth-order valence-electron chi connectivity index (χ4n) is 3.25. The quantitative estimate of drug-likeness (QED) is 0.815. The number of nitrogens with zero attached hydrogens (tertiary/aromatic N) is 1. The Morgan fingerprint density at radius 1 is 1.29 bits per heavy atom. The standard InChI is InChI=1S/C13H23NO3/c1-9-5-10(2)7-14(6-9)8-11-3-4-12(17-11)13(15)16/h9-12H,3-8H2,1-2H3,(H,15,16)/t9?,10?,11-,12+/m1/s1. The van der Waals surface area contributed by atoms with Crippen LogP contribution in [0.3, 0.4) is 0 Å². The minimum atomic E-state index is -0.812. The van der Waals surface area contributed by atoms with Crippen molar-refractivity contribution in [2.45, 2.75) is 45.3 Å². The van der Waals surface area contributed by atoms with Crippen LogP contribution in [0.25, 0.3) is 0 Å². The monoisotopic (exact) mass is 241 g/mol. The van der Waals surface area contributed by atoms with Crippen LogP contribution in [0.15, 0.2) is 0 Å². The lowest BCUT2D eigenvalue weighted by Gasteiger charge is -2.36. The lowest BCUT2D eigenvalue weighted by atomic mass is 9.91. The lowest BCUT2D eigenvalue weighted by Crippen LogP contribution is -2.42. The molecule has 0 aromatic rings. The minimum absolute atomic E-state index is 0.119. The third kappa shape index (κ3) is 3.42. The van der Waals surface area contributed by atoms with Crippen molar-refractivity contribution >= 4 is 5.97 Å². The van der Waals surface area contributed by atoms with E-state index in [1.54, 1.807) is 0 Å². The zero-order chi connectivity index (χ0) is 12.4. The number of hydrogen-bond donors (Lipinski definition) is 1. The molecule has 0 bridgehead atoms.